The normalized spacial score (nSPS) is 27.0. The first-order chi connectivity index (χ1) is 10.0. The Morgan fingerprint density at radius 3 is 2.32 bits per heavy atom. The quantitative estimate of drug-likeness (QED) is 0.703. The van der Waals surface area contributed by atoms with Crippen molar-refractivity contribution in [1.29, 1.82) is 0 Å². The highest BCUT2D eigenvalue weighted by atomic mass is 29.3. The molecule has 1 atom stereocenters. The van der Waals surface area contributed by atoms with Crippen molar-refractivity contribution in [2.75, 3.05) is 0 Å². The van der Waals surface area contributed by atoms with Crippen molar-refractivity contribution in [3.05, 3.63) is 45.5 Å². The Morgan fingerprint density at radius 2 is 1.77 bits per heavy atom. The smallest absolute Gasteiger partial charge is 0.242 e. The minimum Gasteiger partial charge on any atom is -0.542 e. The molecule has 3 aliphatic rings. The van der Waals surface area contributed by atoms with Gasteiger partial charge in [0.15, 0.2) is 5.76 Å². The Balaban J connectivity index is 2.00. The van der Waals surface area contributed by atoms with Crippen LogP contribution >= 0.6 is 0 Å². The third kappa shape index (κ3) is 2.06. The number of carbonyl (C=O) groups is 1. The van der Waals surface area contributed by atoms with Gasteiger partial charge in [-0.25, -0.2) is 0 Å². The van der Waals surface area contributed by atoms with Crippen molar-refractivity contribution in [2.24, 2.45) is 0 Å². The van der Waals surface area contributed by atoms with E-state index in [9.17, 15) is 4.79 Å². The molecule has 3 rings (SSSR count). The zero-order valence-corrected chi connectivity index (χ0v) is 17.8. The Hall–Kier alpha value is -0.919. The highest BCUT2D eigenvalue weighted by Crippen LogP contribution is 2.60. The van der Waals surface area contributed by atoms with Crippen LogP contribution in [-0.4, -0.2) is 29.3 Å². The second-order valence-corrected chi connectivity index (χ2v) is 27.6. The first-order valence-electron chi connectivity index (χ1n) is 8.16. The molecule has 1 saturated heterocycles. The molecule has 0 bridgehead atoms. The van der Waals surface area contributed by atoms with E-state index in [1.807, 2.05) is 6.08 Å². The predicted octanol–water partition coefficient (Wildman–Crippen LogP) is 4.44. The number of allylic oxidation sites excluding steroid dienone is 7. The molecule has 5 heteroatoms. The Kier molecular flexibility index (Phi) is 3.30. The first-order valence-corrected chi connectivity index (χ1v) is 18.3. The number of hydrogen-bond acceptors (Lipinski definition) is 2. The summed E-state index contributed by atoms with van der Waals surface area (Å²) < 4.78 is 6.02. The summed E-state index contributed by atoms with van der Waals surface area (Å²) in [6.45, 7) is 16.2. The molecule has 0 aromatic heterocycles. The number of ketones is 1. The van der Waals surface area contributed by atoms with Gasteiger partial charge in [0, 0.05) is 5.57 Å². The highest BCUT2D eigenvalue weighted by Gasteiger charge is 2.66. The fourth-order valence-corrected chi connectivity index (χ4v) is 17.2. The molecule has 1 aliphatic heterocycles. The lowest BCUT2D eigenvalue weighted by molar-refractivity contribution is -0.114. The van der Waals surface area contributed by atoms with E-state index in [2.05, 4.69) is 58.4 Å². The summed E-state index contributed by atoms with van der Waals surface area (Å²) in [5.74, 6) is 0.706. The van der Waals surface area contributed by atoms with Crippen molar-refractivity contribution in [2.45, 2.75) is 52.2 Å². The van der Waals surface area contributed by atoms with Gasteiger partial charge in [-0.2, -0.15) is 0 Å². The predicted molar refractivity (Wildman–Crippen MR) is 100 cm³/mol. The summed E-state index contributed by atoms with van der Waals surface area (Å²) in [6, 6.07) is 1.30. The van der Waals surface area contributed by atoms with Gasteiger partial charge in [-0.05, 0) is 36.5 Å². The van der Waals surface area contributed by atoms with Gasteiger partial charge in [-0.15, -0.1) is 0 Å². The maximum Gasteiger partial charge on any atom is 0.242 e. The second-order valence-electron chi connectivity index (χ2n) is 8.37. The minimum absolute atomic E-state index is 0.137. The summed E-state index contributed by atoms with van der Waals surface area (Å²) in [5, 5.41) is 3.02. The third-order valence-electron chi connectivity index (χ3n) is 5.60. The van der Waals surface area contributed by atoms with Gasteiger partial charge in [-0.1, -0.05) is 50.0 Å². The summed E-state index contributed by atoms with van der Waals surface area (Å²) in [7, 11) is -4.49. The van der Waals surface area contributed by atoms with Crippen molar-refractivity contribution < 1.29 is 9.22 Å². The molecule has 118 valence electrons. The standard InChI is InChI=1S/C17H26O2Si3/c1-8-21(5,6)22(7)14-11-12-9-10-13(19-20(2,3)4)16(18)15(12)17(14)22/h9-11H,8H2,1-7H3. The average Bonchev–Trinajstić information content (AvgIpc) is 2.82. The molecule has 0 radical (unpaired) electrons. The van der Waals surface area contributed by atoms with Crippen LogP contribution in [0.25, 0.3) is 0 Å². The Labute approximate surface area is 136 Å². The molecule has 1 heterocycles. The Morgan fingerprint density at radius 1 is 1.14 bits per heavy atom. The SMILES string of the molecule is CC[Si](C)(C)[Si]1(C)C2=CC3=CC=C(O[Si](C)(C)C)C(=O)C3=C21. The van der Waals surface area contributed by atoms with Crippen molar-refractivity contribution in [3.63, 3.8) is 0 Å². The fraction of sp³-hybridized carbons (Fsp3) is 0.471. The molecule has 0 saturated carbocycles. The largest absolute Gasteiger partial charge is 0.542 e. The maximum absolute atomic E-state index is 13.0. The minimum atomic E-state index is -1.76. The van der Waals surface area contributed by atoms with Gasteiger partial charge >= 0.3 is 0 Å². The van der Waals surface area contributed by atoms with E-state index in [1.165, 1.54) is 11.2 Å². The van der Waals surface area contributed by atoms with Crippen LogP contribution in [0.4, 0.5) is 0 Å². The lowest BCUT2D eigenvalue weighted by Crippen LogP contribution is -2.47. The van der Waals surface area contributed by atoms with E-state index in [4.69, 9.17) is 4.43 Å². The van der Waals surface area contributed by atoms with Gasteiger partial charge < -0.3 is 4.43 Å². The van der Waals surface area contributed by atoms with Crippen molar-refractivity contribution in [3.8, 4) is 0 Å². The average molecular weight is 347 g/mol. The molecular formula is C17H26O2Si3. The van der Waals surface area contributed by atoms with Gasteiger partial charge in [0.05, 0.1) is 7.59 Å². The van der Waals surface area contributed by atoms with Crippen LogP contribution in [0.5, 0.6) is 0 Å². The van der Waals surface area contributed by atoms with Crippen LogP contribution in [0.2, 0.25) is 45.3 Å². The fourth-order valence-electron chi connectivity index (χ4n) is 3.58. The molecule has 0 aromatic carbocycles. The first kappa shape index (κ1) is 16.0. The van der Waals surface area contributed by atoms with Gasteiger partial charge in [-0.3, -0.25) is 4.79 Å². The van der Waals surface area contributed by atoms with E-state index in [-0.39, 0.29) is 5.78 Å². The Bertz CT molecular complexity index is 702. The van der Waals surface area contributed by atoms with E-state index in [1.54, 1.807) is 5.20 Å². The third-order valence-corrected chi connectivity index (χ3v) is 24.4. The summed E-state index contributed by atoms with van der Waals surface area (Å²) in [5.41, 5.74) is 2.12. The molecule has 0 N–H and O–H groups in total. The lowest BCUT2D eigenvalue weighted by atomic mass is 9.99. The summed E-state index contributed by atoms with van der Waals surface area (Å²) in [4.78, 5) is 13.0. The maximum atomic E-state index is 13.0. The van der Waals surface area contributed by atoms with Crippen LogP contribution in [0.3, 0.4) is 0 Å². The topological polar surface area (TPSA) is 26.3 Å². The molecule has 0 amide bonds. The number of hydrogen-bond donors (Lipinski definition) is 0. The monoisotopic (exact) mass is 346 g/mol. The molecule has 0 aromatic rings. The van der Waals surface area contributed by atoms with E-state index < -0.39 is 23.5 Å². The number of carbonyl (C=O) groups excluding carboxylic acids is 1. The number of rotatable bonds is 4. The van der Waals surface area contributed by atoms with Crippen LogP contribution in [0.1, 0.15) is 6.92 Å². The number of fused-ring (bicyclic) bond motifs is 2. The van der Waals surface area contributed by atoms with Crippen LogP contribution in [-0.2, 0) is 9.22 Å². The van der Waals surface area contributed by atoms with Crippen molar-refractivity contribution >= 4 is 29.3 Å². The molecule has 22 heavy (non-hydrogen) atoms. The van der Waals surface area contributed by atoms with Crippen LogP contribution < -0.4 is 0 Å². The van der Waals surface area contributed by atoms with E-state index >= 15 is 0 Å². The molecule has 1 fully saturated rings. The molecule has 2 aliphatic carbocycles. The summed E-state index contributed by atoms with van der Waals surface area (Å²) >= 11 is 0. The zero-order chi connectivity index (χ0) is 16.5. The van der Waals surface area contributed by atoms with Crippen molar-refractivity contribution in [1.82, 2.24) is 0 Å². The summed E-state index contributed by atoms with van der Waals surface area (Å²) in [6.07, 6.45) is 6.26. The van der Waals surface area contributed by atoms with Crippen LogP contribution in [0, 0.1) is 0 Å². The lowest BCUT2D eigenvalue weighted by Gasteiger charge is -2.28. The van der Waals surface area contributed by atoms with Gasteiger partial charge in [0.2, 0.25) is 14.1 Å². The molecular weight excluding hydrogens is 320 g/mol. The van der Waals surface area contributed by atoms with Gasteiger partial charge in [0.1, 0.15) is 7.59 Å². The second kappa shape index (κ2) is 4.55. The number of Topliss-reactive ketones (excluding diaryl/α,β-unsaturated/α-hetero) is 1. The zero-order valence-electron chi connectivity index (χ0n) is 14.8. The van der Waals surface area contributed by atoms with E-state index in [0.29, 0.717) is 5.76 Å². The molecule has 2 nitrogen and oxygen atoms in total. The highest BCUT2D eigenvalue weighted by molar-refractivity contribution is 7.53. The van der Waals surface area contributed by atoms with Gasteiger partial charge in [0.25, 0.3) is 0 Å². The molecule has 1 unspecified atom stereocenters. The van der Waals surface area contributed by atoms with Crippen LogP contribution in [0.15, 0.2) is 45.5 Å². The van der Waals surface area contributed by atoms with E-state index in [0.717, 1.165) is 11.1 Å². The molecule has 0 spiro atoms.